The third kappa shape index (κ3) is 4.12. The molecule has 1 aromatic rings. The predicted octanol–water partition coefficient (Wildman–Crippen LogP) is 2.60. The normalized spacial score (nSPS) is 17.2. The first-order valence-corrected chi connectivity index (χ1v) is 6.83. The van der Waals surface area contributed by atoms with E-state index in [1.807, 2.05) is 6.92 Å². The molecule has 1 unspecified atom stereocenters. The Morgan fingerprint density at radius 2 is 2.06 bits per heavy atom. The molecule has 1 aliphatic heterocycles. The Labute approximate surface area is 123 Å². The summed E-state index contributed by atoms with van der Waals surface area (Å²) in [6, 6.07) is 6.63. The summed E-state index contributed by atoms with van der Waals surface area (Å²) in [4.78, 5) is 2.38. The average Bonchev–Trinajstić information content (AvgIpc) is 2.29. The standard InChI is InChI=1S/C13H19BrN2O.ClH/c1-10(15)8-11-9-12(14)2-3-13(11)16-4-6-17-7-5-16;/h2-3,9-10H,4-8,15H2,1H3;1H. The van der Waals surface area contributed by atoms with Crippen molar-refractivity contribution in [1.29, 1.82) is 0 Å². The number of anilines is 1. The van der Waals surface area contributed by atoms with Gasteiger partial charge in [0.15, 0.2) is 0 Å². The van der Waals surface area contributed by atoms with Crippen molar-refractivity contribution in [1.82, 2.24) is 0 Å². The van der Waals surface area contributed by atoms with Crippen LogP contribution in [0.5, 0.6) is 0 Å². The molecule has 0 aromatic heterocycles. The largest absolute Gasteiger partial charge is 0.378 e. The van der Waals surface area contributed by atoms with Gasteiger partial charge in [0.25, 0.3) is 0 Å². The quantitative estimate of drug-likeness (QED) is 0.923. The predicted molar refractivity (Wildman–Crippen MR) is 81.8 cm³/mol. The highest BCUT2D eigenvalue weighted by molar-refractivity contribution is 9.10. The van der Waals surface area contributed by atoms with Crippen LogP contribution in [-0.2, 0) is 11.2 Å². The van der Waals surface area contributed by atoms with Gasteiger partial charge >= 0.3 is 0 Å². The van der Waals surface area contributed by atoms with Crippen molar-refractivity contribution >= 4 is 34.0 Å². The number of hydrogen-bond donors (Lipinski definition) is 1. The average molecular weight is 336 g/mol. The van der Waals surface area contributed by atoms with Crippen LogP contribution in [0.1, 0.15) is 12.5 Å². The third-order valence-electron chi connectivity index (χ3n) is 2.94. The molecule has 102 valence electrons. The van der Waals surface area contributed by atoms with Gasteiger partial charge in [0.1, 0.15) is 0 Å². The molecule has 18 heavy (non-hydrogen) atoms. The smallest absolute Gasteiger partial charge is 0.0642 e. The molecule has 0 amide bonds. The Morgan fingerprint density at radius 3 is 2.67 bits per heavy atom. The Hall–Kier alpha value is -0.290. The van der Waals surface area contributed by atoms with E-state index in [4.69, 9.17) is 10.5 Å². The monoisotopic (exact) mass is 334 g/mol. The van der Waals surface area contributed by atoms with Crippen molar-refractivity contribution in [3.05, 3.63) is 28.2 Å². The highest BCUT2D eigenvalue weighted by Crippen LogP contribution is 2.26. The fraction of sp³-hybridized carbons (Fsp3) is 0.538. The Morgan fingerprint density at radius 1 is 1.39 bits per heavy atom. The first kappa shape index (κ1) is 15.8. The van der Waals surface area contributed by atoms with Crippen LogP contribution in [-0.4, -0.2) is 32.3 Å². The molecule has 2 rings (SSSR count). The van der Waals surface area contributed by atoms with Gasteiger partial charge in [0.2, 0.25) is 0 Å². The van der Waals surface area contributed by atoms with Crippen molar-refractivity contribution < 1.29 is 4.74 Å². The van der Waals surface area contributed by atoms with Crippen LogP contribution in [0.4, 0.5) is 5.69 Å². The van der Waals surface area contributed by atoms with Crippen LogP contribution >= 0.6 is 28.3 Å². The lowest BCUT2D eigenvalue weighted by Gasteiger charge is -2.31. The SMILES string of the molecule is CC(N)Cc1cc(Br)ccc1N1CCOCC1.Cl. The van der Waals surface area contributed by atoms with Crippen LogP contribution in [0.25, 0.3) is 0 Å². The van der Waals surface area contributed by atoms with Gasteiger partial charge in [0.05, 0.1) is 13.2 Å². The summed E-state index contributed by atoms with van der Waals surface area (Å²) in [5, 5.41) is 0. The highest BCUT2D eigenvalue weighted by atomic mass is 79.9. The minimum atomic E-state index is 0. The van der Waals surface area contributed by atoms with Gasteiger partial charge in [-0.3, -0.25) is 0 Å². The van der Waals surface area contributed by atoms with Gasteiger partial charge in [-0.25, -0.2) is 0 Å². The number of rotatable bonds is 3. The molecule has 2 N–H and O–H groups in total. The minimum absolute atomic E-state index is 0. The summed E-state index contributed by atoms with van der Waals surface area (Å²) in [6.07, 6.45) is 0.909. The first-order chi connectivity index (χ1) is 8.16. The third-order valence-corrected chi connectivity index (χ3v) is 3.43. The molecule has 3 nitrogen and oxygen atoms in total. The van der Waals surface area contributed by atoms with Crippen LogP contribution < -0.4 is 10.6 Å². The van der Waals surface area contributed by atoms with E-state index < -0.39 is 0 Å². The van der Waals surface area contributed by atoms with E-state index in [0.29, 0.717) is 0 Å². The lowest BCUT2D eigenvalue weighted by molar-refractivity contribution is 0.122. The maximum Gasteiger partial charge on any atom is 0.0642 e. The van der Waals surface area contributed by atoms with Crippen LogP contribution in [0.15, 0.2) is 22.7 Å². The molecule has 1 saturated heterocycles. The van der Waals surface area contributed by atoms with E-state index in [2.05, 4.69) is 39.0 Å². The number of morpholine rings is 1. The molecule has 0 saturated carbocycles. The van der Waals surface area contributed by atoms with Crippen molar-refractivity contribution in [2.45, 2.75) is 19.4 Å². The Balaban J connectivity index is 0.00000162. The van der Waals surface area contributed by atoms with Gasteiger partial charge in [0, 0.05) is 29.3 Å². The lowest BCUT2D eigenvalue weighted by Crippen LogP contribution is -2.37. The zero-order chi connectivity index (χ0) is 12.3. The first-order valence-electron chi connectivity index (χ1n) is 6.03. The highest BCUT2D eigenvalue weighted by Gasteiger charge is 2.15. The number of ether oxygens (including phenoxy) is 1. The molecule has 0 bridgehead atoms. The lowest BCUT2D eigenvalue weighted by atomic mass is 10.0. The molecule has 5 heteroatoms. The molecular formula is C13H20BrClN2O. The van der Waals surface area contributed by atoms with Gasteiger partial charge in [-0.05, 0) is 37.1 Å². The summed E-state index contributed by atoms with van der Waals surface area (Å²) in [5.74, 6) is 0. The molecule has 0 spiro atoms. The minimum Gasteiger partial charge on any atom is -0.378 e. The fourth-order valence-electron chi connectivity index (χ4n) is 2.18. The van der Waals surface area contributed by atoms with Crippen molar-refractivity contribution in [2.24, 2.45) is 5.73 Å². The molecule has 0 aliphatic carbocycles. The van der Waals surface area contributed by atoms with Gasteiger partial charge in [-0.1, -0.05) is 15.9 Å². The van der Waals surface area contributed by atoms with Crippen LogP contribution in [0.2, 0.25) is 0 Å². The number of hydrogen-bond acceptors (Lipinski definition) is 3. The van der Waals surface area contributed by atoms with E-state index in [0.717, 1.165) is 37.2 Å². The number of nitrogens with two attached hydrogens (primary N) is 1. The van der Waals surface area contributed by atoms with Gasteiger partial charge in [-0.15, -0.1) is 12.4 Å². The molecule has 1 fully saturated rings. The Kier molecular flexibility index (Phi) is 6.43. The molecule has 1 heterocycles. The van der Waals surface area contributed by atoms with E-state index in [9.17, 15) is 0 Å². The molecular weight excluding hydrogens is 316 g/mol. The zero-order valence-electron chi connectivity index (χ0n) is 10.6. The van der Waals surface area contributed by atoms with E-state index in [-0.39, 0.29) is 18.4 Å². The van der Waals surface area contributed by atoms with Crippen molar-refractivity contribution in [3.63, 3.8) is 0 Å². The van der Waals surface area contributed by atoms with Crippen LogP contribution in [0.3, 0.4) is 0 Å². The molecule has 0 radical (unpaired) electrons. The number of nitrogens with zero attached hydrogens (tertiary/aromatic N) is 1. The second-order valence-electron chi connectivity index (χ2n) is 4.55. The molecule has 1 aliphatic rings. The summed E-state index contributed by atoms with van der Waals surface area (Å²) < 4.78 is 6.51. The van der Waals surface area contributed by atoms with Gasteiger partial charge in [-0.2, -0.15) is 0 Å². The molecule has 1 atom stereocenters. The van der Waals surface area contributed by atoms with Gasteiger partial charge < -0.3 is 15.4 Å². The van der Waals surface area contributed by atoms with Crippen molar-refractivity contribution in [3.8, 4) is 0 Å². The summed E-state index contributed by atoms with van der Waals surface area (Å²) in [5.41, 5.74) is 8.53. The topological polar surface area (TPSA) is 38.5 Å². The summed E-state index contributed by atoms with van der Waals surface area (Å²) in [6.45, 7) is 5.60. The van der Waals surface area contributed by atoms with Crippen LogP contribution in [0, 0.1) is 0 Å². The Bertz CT molecular complexity index is 381. The zero-order valence-corrected chi connectivity index (χ0v) is 13.0. The summed E-state index contributed by atoms with van der Waals surface area (Å²) in [7, 11) is 0. The van der Waals surface area contributed by atoms with E-state index in [1.165, 1.54) is 11.3 Å². The second kappa shape index (κ2) is 7.34. The number of benzene rings is 1. The molecule has 1 aromatic carbocycles. The van der Waals surface area contributed by atoms with E-state index in [1.54, 1.807) is 0 Å². The van der Waals surface area contributed by atoms with Crippen molar-refractivity contribution in [2.75, 3.05) is 31.2 Å². The summed E-state index contributed by atoms with van der Waals surface area (Å²) >= 11 is 3.53. The van der Waals surface area contributed by atoms with E-state index >= 15 is 0 Å². The maximum absolute atomic E-state index is 5.91. The number of halogens is 2. The fourth-order valence-corrected chi connectivity index (χ4v) is 2.59. The second-order valence-corrected chi connectivity index (χ2v) is 5.47. The maximum atomic E-state index is 5.91.